The predicted octanol–water partition coefficient (Wildman–Crippen LogP) is 2.12. The fraction of sp³-hybridized carbons (Fsp3) is 0. The van der Waals surface area contributed by atoms with E-state index < -0.39 is 0 Å². The second-order valence-electron chi connectivity index (χ2n) is 2.17. The van der Waals surface area contributed by atoms with E-state index >= 15 is 0 Å². The Morgan fingerprint density at radius 2 is 2.25 bits per heavy atom. The van der Waals surface area contributed by atoms with Crippen molar-refractivity contribution in [2.24, 2.45) is 0 Å². The van der Waals surface area contributed by atoms with Crippen LogP contribution < -0.4 is 0 Å². The van der Waals surface area contributed by atoms with Gasteiger partial charge in [-0.1, -0.05) is 0 Å². The molecule has 0 unspecified atom stereocenters. The van der Waals surface area contributed by atoms with Gasteiger partial charge in [-0.25, -0.2) is 4.68 Å². The summed E-state index contributed by atoms with van der Waals surface area (Å²) in [5.41, 5.74) is 0.904. The second kappa shape index (κ2) is 3.02. The van der Waals surface area contributed by atoms with Crippen LogP contribution >= 0.6 is 31.9 Å². The van der Waals surface area contributed by atoms with Gasteiger partial charge in [-0.2, -0.15) is 10.2 Å². The molecule has 12 heavy (non-hydrogen) atoms. The van der Waals surface area contributed by atoms with E-state index in [9.17, 15) is 0 Å². The molecule has 0 amide bonds. The topological polar surface area (TPSA) is 46.5 Å². The van der Waals surface area contributed by atoms with E-state index in [0.717, 1.165) is 14.8 Å². The molecule has 0 aromatic carbocycles. The zero-order valence-corrected chi connectivity index (χ0v) is 9.00. The minimum Gasteiger partial charge on any atom is -0.283 e. The Hall–Kier alpha value is -0.620. The molecule has 4 nitrogen and oxygen atoms in total. The smallest absolute Gasteiger partial charge is 0.142 e. The van der Waals surface area contributed by atoms with Gasteiger partial charge in [0.1, 0.15) is 10.3 Å². The van der Waals surface area contributed by atoms with E-state index in [1.165, 1.54) is 0 Å². The van der Waals surface area contributed by atoms with Crippen LogP contribution in [0.3, 0.4) is 0 Å². The molecule has 0 atom stereocenters. The number of H-pyrrole nitrogens is 1. The lowest BCUT2D eigenvalue weighted by molar-refractivity contribution is 0.871. The number of aromatic nitrogens is 4. The molecule has 0 fully saturated rings. The van der Waals surface area contributed by atoms with Crippen LogP contribution in [-0.2, 0) is 0 Å². The molecular formula is C6H4Br2N4. The van der Waals surface area contributed by atoms with Gasteiger partial charge in [-0.05, 0) is 31.9 Å². The van der Waals surface area contributed by atoms with Gasteiger partial charge in [0.25, 0.3) is 0 Å². The molecule has 62 valence electrons. The van der Waals surface area contributed by atoms with Crippen molar-refractivity contribution in [3.05, 3.63) is 27.7 Å². The lowest BCUT2D eigenvalue weighted by Crippen LogP contribution is -1.90. The van der Waals surface area contributed by atoms with Gasteiger partial charge in [-0.15, -0.1) is 0 Å². The molecule has 6 heteroatoms. The van der Waals surface area contributed by atoms with E-state index in [1.807, 2.05) is 6.20 Å². The van der Waals surface area contributed by atoms with Crippen LogP contribution in [0.2, 0.25) is 0 Å². The predicted molar refractivity (Wildman–Crippen MR) is 51.1 cm³/mol. The van der Waals surface area contributed by atoms with E-state index in [-0.39, 0.29) is 0 Å². The van der Waals surface area contributed by atoms with Crippen LogP contribution in [0.5, 0.6) is 0 Å². The van der Waals surface area contributed by atoms with E-state index in [2.05, 4.69) is 47.2 Å². The van der Waals surface area contributed by atoms with Crippen LogP contribution in [0.4, 0.5) is 0 Å². The highest BCUT2D eigenvalue weighted by Crippen LogP contribution is 2.21. The van der Waals surface area contributed by atoms with Crippen molar-refractivity contribution in [3.63, 3.8) is 0 Å². The number of hydrogen-bond acceptors (Lipinski definition) is 2. The number of hydrogen-bond donors (Lipinski definition) is 1. The van der Waals surface area contributed by atoms with Crippen molar-refractivity contribution in [2.75, 3.05) is 0 Å². The zero-order chi connectivity index (χ0) is 8.55. The highest BCUT2D eigenvalue weighted by molar-refractivity contribution is 9.13. The zero-order valence-electron chi connectivity index (χ0n) is 5.83. The normalized spacial score (nSPS) is 10.5. The van der Waals surface area contributed by atoms with Crippen molar-refractivity contribution < 1.29 is 0 Å². The molecule has 0 radical (unpaired) electrons. The SMILES string of the molecule is Brc1cn(-c2cn[nH]c2)nc1Br. The largest absolute Gasteiger partial charge is 0.283 e. The summed E-state index contributed by atoms with van der Waals surface area (Å²) < 4.78 is 3.42. The van der Waals surface area contributed by atoms with Crippen LogP contribution in [0, 0.1) is 0 Å². The van der Waals surface area contributed by atoms with Crippen molar-refractivity contribution in [1.29, 1.82) is 0 Å². The molecule has 0 saturated heterocycles. The number of halogens is 2. The van der Waals surface area contributed by atoms with Crippen molar-refractivity contribution in [3.8, 4) is 5.69 Å². The molecule has 2 heterocycles. The van der Waals surface area contributed by atoms with E-state index in [4.69, 9.17) is 0 Å². The van der Waals surface area contributed by atoms with Crippen LogP contribution in [0.1, 0.15) is 0 Å². The third-order valence-electron chi connectivity index (χ3n) is 1.38. The summed E-state index contributed by atoms with van der Waals surface area (Å²) >= 11 is 6.63. The first-order valence-corrected chi connectivity index (χ1v) is 4.76. The first kappa shape index (κ1) is 8.00. The molecule has 2 rings (SSSR count). The summed E-state index contributed by atoms with van der Waals surface area (Å²) in [6, 6.07) is 0. The van der Waals surface area contributed by atoms with Gasteiger partial charge in [0.2, 0.25) is 0 Å². The summed E-state index contributed by atoms with van der Waals surface area (Å²) in [5.74, 6) is 0. The molecule has 2 aromatic rings. The van der Waals surface area contributed by atoms with Gasteiger partial charge in [0, 0.05) is 12.4 Å². The van der Waals surface area contributed by atoms with Gasteiger partial charge >= 0.3 is 0 Å². The number of rotatable bonds is 1. The van der Waals surface area contributed by atoms with Gasteiger partial charge in [-0.3, -0.25) is 5.10 Å². The molecule has 0 saturated carbocycles. The highest BCUT2D eigenvalue weighted by Gasteiger charge is 2.04. The van der Waals surface area contributed by atoms with Crippen LogP contribution in [0.25, 0.3) is 5.69 Å². The Labute approximate surface area is 85.2 Å². The fourth-order valence-electron chi connectivity index (χ4n) is 0.833. The average molecular weight is 292 g/mol. The molecule has 0 bridgehead atoms. The monoisotopic (exact) mass is 290 g/mol. The standard InChI is InChI=1S/C6H4Br2N4/c7-5-3-12(11-6(5)8)4-1-9-10-2-4/h1-3H,(H,9,10). The molecule has 0 aliphatic rings. The highest BCUT2D eigenvalue weighted by atomic mass is 79.9. The number of aromatic amines is 1. The molecule has 1 N–H and O–H groups in total. The van der Waals surface area contributed by atoms with Crippen molar-refractivity contribution in [1.82, 2.24) is 20.0 Å². The maximum absolute atomic E-state index is 4.18. The second-order valence-corrected chi connectivity index (χ2v) is 3.77. The maximum atomic E-state index is 4.18. The molecular weight excluding hydrogens is 288 g/mol. The third-order valence-corrected chi connectivity index (χ3v) is 3.07. The summed E-state index contributed by atoms with van der Waals surface area (Å²) in [6.45, 7) is 0. The first-order valence-electron chi connectivity index (χ1n) is 3.17. The summed E-state index contributed by atoms with van der Waals surface area (Å²) in [5, 5.41) is 10.7. The quantitative estimate of drug-likeness (QED) is 0.875. The minimum absolute atomic E-state index is 0.781. The Kier molecular flexibility index (Phi) is 2.02. The Bertz CT molecular complexity index is 359. The fourth-order valence-corrected chi connectivity index (χ4v) is 1.38. The lowest BCUT2D eigenvalue weighted by Gasteiger charge is -1.91. The molecule has 0 aliphatic carbocycles. The average Bonchev–Trinajstić information content (AvgIpc) is 2.61. The Morgan fingerprint density at radius 1 is 1.42 bits per heavy atom. The summed E-state index contributed by atoms with van der Waals surface area (Å²) in [7, 11) is 0. The van der Waals surface area contributed by atoms with Crippen molar-refractivity contribution in [2.45, 2.75) is 0 Å². The first-order chi connectivity index (χ1) is 5.77. The molecule has 0 aliphatic heterocycles. The van der Waals surface area contributed by atoms with Crippen LogP contribution in [-0.4, -0.2) is 20.0 Å². The summed E-state index contributed by atoms with van der Waals surface area (Å²) in [6.07, 6.45) is 5.33. The number of nitrogens with zero attached hydrogens (tertiary/aromatic N) is 3. The number of nitrogens with one attached hydrogen (secondary N) is 1. The van der Waals surface area contributed by atoms with Gasteiger partial charge < -0.3 is 0 Å². The van der Waals surface area contributed by atoms with E-state index in [0.29, 0.717) is 0 Å². The van der Waals surface area contributed by atoms with Crippen molar-refractivity contribution >= 4 is 31.9 Å². The lowest BCUT2D eigenvalue weighted by atomic mass is 10.6. The Balaban J connectivity index is 2.48. The minimum atomic E-state index is 0.781. The van der Waals surface area contributed by atoms with Gasteiger partial charge in [0.15, 0.2) is 0 Å². The maximum Gasteiger partial charge on any atom is 0.142 e. The van der Waals surface area contributed by atoms with E-state index in [1.54, 1.807) is 17.1 Å². The van der Waals surface area contributed by atoms with Crippen LogP contribution in [0.15, 0.2) is 27.7 Å². The Morgan fingerprint density at radius 3 is 2.75 bits per heavy atom. The molecule has 2 aromatic heterocycles. The van der Waals surface area contributed by atoms with Gasteiger partial charge in [0.05, 0.1) is 10.7 Å². The molecule has 0 spiro atoms. The summed E-state index contributed by atoms with van der Waals surface area (Å²) in [4.78, 5) is 0. The third kappa shape index (κ3) is 1.32.